The molecule has 0 bridgehead atoms. The Labute approximate surface area is 114 Å². The Balaban J connectivity index is 1.70. The molecular weight excluding hydrogens is 242 g/mol. The Bertz CT molecular complexity index is 353. The number of hydrogen-bond acceptors (Lipinski definition) is 4. The van der Waals surface area contributed by atoms with Gasteiger partial charge in [-0.25, -0.2) is 0 Å². The Hall–Kier alpha value is -0.550. The standard InChI is InChI=1S/C14H23N3S/c1-17-8-7-16-13(11-17)10-15-9-12-3-5-14(18-2)6-4-12/h3-6,13,15-16H,7-11H2,1-2H3. The van der Waals surface area contributed by atoms with Crippen LogP contribution in [-0.2, 0) is 6.54 Å². The number of likely N-dealkylation sites (N-methyl/N-ethyl adjacent to an activating group) is 1. The largest absolute Gasteiger partial charge is 0.311 e. The average molecular weight is 265 g/mol. The predicted octanol–water partition coefficient (Wildman–Crippen LogP) is 1.40. The van der Waals surface area contributed by atoms with Gasteiger partial charge in [-0.2, -0.15) is 0 Å². The van der Waals surface area contributed by atoms with Crippen molar-refractivity contribution in [2.75, 3.05) is 39.5 Å². The normalized spacial score (nSPS) is 21.1. The highest BCUT2D eigenvalue weighted by Gasteiger charge is 2.15. The third-order valence-corrected chi connectivity index (χ3v) is 4.08. The molecule has 0 aliphatic carbocycles. The maximum atomic E-state index is 3.55. The number of piperazine rings is 1. The Morgan fingerprint density at radius 3 is 2.83 bits per heavy atom. The van der Waals surface area contributed by atoms with E-state index in [-0.39, 0.29) is 0 Å². The molecule has 4 heteroatoms. The summed E-state index contributed by atoms with van der Waals surface area (Å²) in [6.45, 7) is 5.39. The van der Waals surface area contributed by atoms with Crippen molar-refractivity contribution in [3.8, 4) is 0 Å². The van der Waals surface area contributed by atoms with E-state index in [4.69, 9.17) is 0 Å². The summed E-state index contributed by atoms with van der Waals surface area (Å²) < 4.78 is 0. The molecule has 1 aliphatic heterocycles. The SMILES string of the molecule is CSc1ccc(CNCC2CN(C)CCN2)cc1. The molecule has 0 radical (unpaired) electrons. The lowest BCUT2D eigenvalue weighted by Gasteiger charge is -2.31. The summed E-state index contributed by atoms with van der Waals surface area (Å²) in [4.78, 5) is 3.71. The molecule has 1 aromatic rings. The quantitative estimate of drug-likeness (QED) is 0.787. The average Bonchev–Trinajstić information content (AvgIpc) is 2.40. The van der Waals surface area contributed by atoms with Crippen molar-refractivity contribution in [2.45, 2.75) is 17.5 Å². The van der Waals surface area contributed by atoms with Crippen LogP contribution < -0.4 is 10.6 Å². The third kappa shape index (κ3) is 4.28. The van der Waals surface area contributed by atoms with Gasteiger partial charge in [0, 0.05) is 43.7 Å². The molecule has 2 rings (SSSR count). The maximum Gasteiger partial charge on any atom is 0.0320 e. The fourth-order valence-corrected chi connectivity index (χ4v) is 2.67. The lowest BCUT2D eigenvalue weighted by Crippen LogP contribution is -2.52. The molecule has 1 aromatic carbocycles. The summed E-state index contributed by atoms with van der Waals surface area (Å²) >= 11 is 1.79. The molecule has 2 N–H and O–H groups in total. The van der Waals surface area contributed by atoms with Gasteiger partial charge in [-0.1, -0.05) is 12.1 Å². The molecule has 1 saturated heterocycles. The highest BCUT2D eigenvalue weighted by Crippen LogP contribution is 2.14. The van der Waals surface area contributed by atoms with Gasteiger partial charge in [-0.15, -0.1) is 11.8 Å². The van der Waals surface area contributed by atoms with Crippen LogP contribution in [0.1, 0.15) is 5.56 Å². The third-order valence-electron chi connectivity index (χ3n) is 3.34. The smallest absolute Gasteiger partial charge is 0.0320 e. The van der Waals surface area contributed by atoms with E-state index < -0.39 is 0 Å². The van der Waals surface area contributed by atoms with Gasteiger partial charge in [-0.05, 0) is 31.0 Å². The molecule has 1 fully saturated rings. The molecule has 0 amide bonds. The molecule has 1 aliphatic rings. The first-order valence-corrected chi connectivity index (χ1v) is 7.76. The first-order valence-electron chi connectivity index (χ1n) is 6.53. The zero-order chi connectivity index (χ0) is 12.8. The van der Waals surface area contributed by atoms with Crippen molar-refractivity contribution in [1.29, 1.82) is 0 Å². The summed E-state index contributed by atoms with van der Waals surface area (Å²) in [6, 6.07) is 9.37. The van der Waals surface area contributed by atoms with Gasteiger partial charge in [0.25, 0.3) is 0 Å². The molecular formula is C14H23N3S. The van der Waals surface area contributed by atoms with Gasteiger partial charge < -0.3 is 15.5 Å². The summed E-state index contributed by atoms with van der Waals surface area (Å²) in [7, 11) is 2.19. The number of hydrogen-bond donors (Lipinski definition) is 2. The van der Waals surface area contributed by atoms with Crippen molar-refractivity contribution in [3.05, 3.63) is 29.8 Å². The Morgan fingerprint density at radius 2 is 2.17 bits per heavy atom. The van der Waals surface area contributed by atoms with Crippen LogP contribution in [0.5, 0.6) is 0 Å². The summed E-state index contributed by atoms with van der Waals surface area (Å²) in [5, 5.41) is 7.08. The van der Waals surface area contributed by atoms with Gasteiger partial charge in [0.2, 0.25) is 0 Å². The fraction of sp³-hybridized carbons (Fsp3) is 0.571. The minimum absolute atomic E-state index is 0.578. The molecule has 1 atom stereocenters. The van der Waals surface area contributed by atoms with Crippen LogP contribution in [0.4, 0.5) is 0 Å². The van der Waals surface area contributed by atoms with Crippen LogP contribution in [0.3, 0.4) is 0 Å². The van der Waals surface area contributed by atoms with Crippen LogP contribution >= 0.6 is 11.8 Å². The van der Waals surface area contributed by atoms with E-state index in [1.54, 1.807) is 11.8 Å². The molecule has 0 spiro atoms. The van der Waals surface area contributed by atoms with E-state index in [0.717, 1.165) is 32.7 Å². The van der Waals surface area contributed by atoms with Crippen LogP contribution in [0.15, 0.2) is 29.2 Å². The highest BCUT2D eigenvalue weighted by molar-refractivity contribution is 7.98. The van der Waals surface area contributed by atoms with Crippen molar-refractivity contribution in [1.82, 2.24) is 15.5 Å². The first-order chi connectivity index (χ1) is 8.78. The number of benzene rings is 1. The maximum absolute atomic E-state index is 3.55. The van der Waals surface area contributed by atoms with Gasteiger partial charge in [0.05, 0.1) is 0 Å². The van der Waals surface area contributed by atoms with Crippen LogP contribution in [0, 0.1) is 0 Å². The van der Waals surface area contributed by atoms with Gasteiger partial charge >= 0.3 is 0 Å². The minimum atomic E-state index is 0.578. The Morgan fingerprint density at radius 1 is 1.39 bits per heavy atom. The molecule has 1 heterocycles. The summed E-state index contributed by atoms with van der Waals surface area (Å²) in [6.07, 6.45) is 2.11. The van der Waals surface area contributed by atoms with E-state index in [9.17, 15) is 0 Å². The molecule has 1 unspecified atom stereocenters. The van der Waals surface area contributed by atoms with Crippen LogP contribution in [0.25, 0.3) is 0 Å². The van der Waals surface area contributed by atoms with Crippen molar-refractivity contribution < 1.29 is 0 Å². The van der Waals surface area contributed by atoms with Gasteiger partial charge in [0.15, 0.2) is 0 Å². The van der Waals surface area contributed by atoms with Gasteiger partial charge in [-0.3, -0.25) is 0 Å². The Kier molecular flexibility index (Phi) is 5.50. The fourth-order valence-electron chi connectivity index (χ4n) is 2.26. The summed E-state index contributed by atoms with van der Waals surface area (Å²) in [5.74, 6) is 0. The second kappa shape index (κ2) is 7.14. The van der Waals surface area contributed by atoms with E-state index in [1.807, 2.05) is 0 Å². The molecule has 0 aromatic heterocycles. The first kappa shape index (κ1) is 13.9. The van der Waals surface area contributed by atoms with Crippen molar-refractivity contribution in [3.63, 3.8) is 0 Å². The number of thioether (sulfide) groups is 1. The van der Waals surface area contributed by atoms with E-state index in [1.165, 1.54) is 10.5 Å². The van der Waals surface area contributed by atoms with E-state index in [2.05, 4.69) is 53.1 Å². The van der Waals surface area contributed by atoms with Crippen LogP contribution in [0.2, 0.25) is 0 Å². The summed E-state index contributed by atoms with van der Waals surface area (Å²) in [5.41, 5.74) is 1.36. The number of nitrogens with one attached hydrogen (secondary N) is 2. The predicted molar refractivity (Wildman–Crippen MR) is 79.2 cm³/mol. The second-order valence-corrected chi connectivity index (χ2v) is 5.77. The topological polar surface area (TPSA) is 27.3 Å². The van der Waals surface area contributed by atoms with Crippen molar-refractivity contribution in [2.24, 2.45) is 0 Å². The van der Waals surface area contributed by atoms with E-state index >= 15 is 0 Å². The lowest BCUT2D eigenvalue weighted by atomic mass is 10.2. The second-order valence-electron chi connectivity index (χ2n) is 4.89. The lowest BCUT2D eigenvalue weighted by molar-refractivity contribution is 0.235. The minimum Gasteiger partial charge on any atom is -0.311 e. The zero-order valence-corrected chi connectivity index (χ0v) is 12.1. The van der Waals surface area contributed by atoms with Gasteiger partial charge in [0.1, 0.15) is 0 Å². The zero-order valence-electron chi connectivity index (χ0n) is 11.3. The van der Waals surface area contributed by atoms with E-state index in [0.29, 0.717) is 6.04 Å². The molecule has 3 nitrogen and oxygen atoms in total. The van der Waals surface area contributed by atoms with Crippen LogP contribution in [-0.4, -0.2) is 50.4 Å². The number of nitrogens with zero attached hydrogens (tertiary/aromatic N) is 1. The highest BCUT2D eigenvalue weighted by atomic mass is 32.2. The van der Waals surface area contributed by atoms with Crippen molar-refractivity contribution >= 4 is 11.8 Å². The monoisotopic (exact) mass is 265 g/mol. The number of rotatable bonds is 5. The molecule has 18 heavy (non-hydrogen) atoms. The molecule has 100 valence electrons. The molecule has 0 saturated carbocycles.